The topological polar surface area (TPSA) is 42.4 Å². The minimum atomic E-state index is 0.510. The third-order valence-electron chi connectivity index (χ3n) is 3.63. The minimum Gasteiger partial charge on any atom is -0.468 e. The van der Waals surface area contributed by atoms with E-state index < -0.39 is 0 Å². The zero-order chi connectivity index (χ0) is 11.6. The molecule has 0 spiro atoms. The van der Waals surface area contributed by atoms with Crippen LogP contribution in [0.25, 0.3) is 0 Å². The molecule has 0 bridgehead atoms. The van der Waals surface area contributed by atoms with Gasteiger partial charge in [0.1, 0.15) is 5.76 Å². The molecule has 0 aromatic carbocycles. The van der Waals surface area contributed by atoms with Crippen LogP contribution in [0, 0.1) is 5.41 Å². The molecular formula is C13H22N2O. The lowest BCUT2D eigenvalue weighted by Crippen LogP contribution is -2.36. The summed E-state index contributed by atoms with van der Waals surface area (Å²) in [4.78, 5) is 2.46. The molecule has 1 aliphatic heterocycles. The highest BCUT2D eigenvalue weighted by atomic mass is 16.3. The Labute approximate surface area is 97.6 Å². The Bertz CT molecular complexity index is 333. The summed E-state index contributed by atoms with van der Waals surface area (Å²) in [7, 11) is 0. The van der Waals surface area contributed by atoms with Crippen LogP contribution in [0.4, 0.5) is 0 Å². The second-order valence-electron chi connectivity index (χ2n) is 5.51. The lowest BCUT2D eigenvalue weighted by atomic mass is 9.82. The van der Waals surface area contributed by atoms with Crippen LogP contribution in [-0.2, 0) is 13.1 Å². The standard InChI is InChI=1S/C13H22N2O/c1-13(2)4-6-15(7-5-13)10-12-11(9-14)3-8-16-12/h3,8H,4-7,9-10,14H2,1-2H3. The summed E-state index contributed by atoms with van der Waals surface area (Å²) < 4.78 is 5.49. The number of likely N-dealkylation sites (tertiary alicyclic amines) is 1. The first-order chi connectivity index (χ1) is 7.61. The SMILES string of the molecule is CC1(C)CCN(Cc2occc2CN)CC1. The van der Waals surface area contributed by atoms with E-state index in [9.17, 15) is 0 Å². The highest BCUT2D eigenvalue weighted by molar-refractivity contribution is 5.16. The molecule has 3 heteroatoms. The fourth-order valence-electron chi connectivity index (χ4n) is 2.21. The maximum atomic E-state index is 5.66. The summed E-state index contributed by atoms with van der Waals surface area (Å²) in [5, 5.41) is 0. The highest BCUT2D eigenvalue weighted by Crippen LogP contribution is 2.30. The number of rotatable bonds is 3. The van der Waals surface area contributed by atoms with E-state index >= 15 is 0 Å². The molecule has 0 amide bonds. The molecule has 1 fully saturated rings. The number of piperidine rings is 1. The van der Waals surface area contributed by atoms with Gasteiger partial charge in [0.15, 0.2) is 0 Å². The molecular weight excluding hydrogens is 200 g/mol. The normalized spacial score (nSPS) is 21.2. The number of nitrogens with two attached hydrogens (primary N) is 1. The van der Waals surface area contributed by atoms with Crippen LogP contribution in [0.1, 0.15) is 38.0 Å². The summed E-state index contributed by atoms with van der Waals surface area (Å²) in [5.74, 6) is 1.04. The fourth-order valence-corrected chi connectivity index (χ4v) is 2.21. The maximum absolute atomic E-state index is 5.66. The van der Waals surface area contributed by atoms with Crippen LogP contribution in [0.3, 0.4) is 0 Å². The Morgan fingerprint density at radius 1 is 1.38 bits per heavy atom. The van der Waals surface area contributed by atoms with Gasteiger partial charge < -0.3 is 10.2 Å². The van der Waals surface area contributed by atoms with E-state index in [1.165, 1.54) is 12.8 Å². The lowest BCUT2D eigenvalue weighted by Gasteiger charge is -2.36. The van der Waals surface area contributed by atoms with Crippen molar-refractivity contribution in [3.63, 3.8) is 0 Å². The van der Waals surface area contributed by atoms with E-state index in [2.05, 4.69) is 18.7 Å². The van der Waals surface area contributed by atoms with Crippen molar-refractivity contribution >= 4 is 0 Å². The highest BCUT2D eigenvalue weighted by Gasteiger charge is 2.25. The van der Waals surface area contributed by atoms with Crippen molar-refractivity contribution in [3.8, 4) is 0 Å². The largest absolute Gasteiger partial charge is 0.468 e. The van der Waals surface area contributed by atoms with Gasteiger partial charge >= 0.3 is 0 Å². The molecule has 16 heavy (non-hydrogen) atoms. The van der Waals surface area contributed by atoms with E-state index in [0.29, 0.717) is 12.0 Å². The molecule has 1 saturated heterocycles. The van der Waals surface area contributed by atoms with Gasteiger partial charge in [-0.1, -0.05) is 13.8 Å². The van der Waals surface area contributed by atoms with Crippen LogP contribution in [0.5, 0.6) is 0 Å². The van der Waals surface area contributed by atoms with E-state index in [4.69, 9.17) is 10.2 Å². The van der Waals surface area contributed by atoms with Gasteiger partial charge in [-0.25, -0.2) is 0 Å². The van der Waals surface area contributed by atoms with Gasteiger partial charge in [0.2, 0.25) is 0 Å². The Morgan fingerprint density at radius 2 is 2.06 bits per heavy atom. The van der Waals surface area contributed by atoms with E-state index in [1.54, 1.807) is 6.26 Å². The Morgan fingerprint density at radius 3 is 2.69 bits per heavy atom. The molecule has 3 nitrogen and oxygen atoms in total. The van der Waals surface area contributed by atoms with Gasteiger partial charge in [-0.2, -0.15) is 0 Å². The number of furan rings is 1. The fraction of sp³-hybridized carbons (Fsp3) is 0.692. The van der Waals surface area contributed by atoms with Gasteiger partial charge in [-0.3, -0.25) is 4.90 Å². The molecule has 0 aliphatic carbocycles. The maximum Gasteiger partial charge on any atom is 0.122 e. The van der Waals surface area contributed by atoms with Crippen molar-refractivity contribution in [3.05, 3.63) is 23.7 Å². The quantitative estimate of drug-likeness (QED) is 0.853. The van der Waals surface area contributed by atoms with Crippen LogP contribution in [0.2, 0.25) is 0 Å². The predicted molar refractivity (Wildman–Crippen MR) is 64.9 cm³/mol. The molecule has 0 saturated carbocycles. The van der Waals surface area contributed by atoms with E-state index in [-0.39, 0.29) is 0 Å². The van der Waals surface area contributed by atoms with Gasteiger partial charge in [0, 0.05) is 12.1 Å². The predicted octanol–water partition coefficient (Wildman–Crippen LogP) is 2.36. The van der Waals surface area contributed by atoms with Crippen molar-refractivity contribution in [2.75, 3.05) is 13.1 Å². The first-order valence-corrected chi connectivity index (χ1v) is 6.08. The summed E-state index contributed by atoms with van der Waals surface area (Å²) in [6, 6.07) is 1.98. The van der Waals surface area contributed by atoms with Gasteiger partial charge in [-0.05, 0) is 37.4 Å². The summed E-state index contributed by atoms with van der Waals surface area (Å²) in [6.07, 6.45) is 4.28. The van der Waals surface area contributed by atoms with Gasteiger partial charge in [0.25, 0.3) is 0 Å². The lowest BCUT2D eigenvalue weighted by molar-refractivity contribution is 0.120. The zero-order valence-electron chi connectivity index (χ0n) is 10.3. The van der Waals surface area contributed by atoms with Crippen LogP contribution < -0.4 is 5.73 Å². The molecule has 90 valence electrons. The Hall–Kier alpha value is -0.800. The third-order valence-corrected chi connectivity index (χ3v) is 3.63. The number of nitrogens with zero attached hydrogens (tertiary/aromatic N) is 1. The Balaban J connectivity index is 1.92. The summed E-state index contributed by atoms with van der Waals surface area (Å²) in [6.45, 7) is 8.52. The Kier molecular flexibility index (Phi) is 3.36. The molecule has 0 atom stereocenters. The van der Waals surface area contributed by atoms with Gasteiger partial charge in [-0.15, -0.1) is 0 Å². The van der Waals surface area contributed by atoms with E-state index in [0.717, 1.165) is 31.0 Å². The second kappa shape index (κ2) is 4.60. The van der Waals surface area contributed by atoms with Crippen molar-refractivity contribution in [2.45, 2.75) is 39.8 Å². The number of hydrogen-bond donors (Lipinski definition) is 1. The average molecular weight is 222 g/mol. The van der Waals surface area contributed by atoms with Crippen LogP contribution >= 0.6 is 0 Å². The molecule has 0 unspecified atom stereocenters. The summed E-state index contributed by atoms with van der Waals surface area (Å²) in [5.41, 5.74) is 7.32. The average Bonchev–Trinajstić information content (AvgIpc) is 2.68. The van der Waals surface area contributed by atoms with Gasteiger partial charge in [0.05, 0.1) is 12.8 Å². The molecule has 1 aliphatic rings. The van der Waals surface area contributed by atoms with Crippen LogP contribution in [-0.4, -0.2) is 18.0 Å². The van der Waals surface area contributed by atoms with Crippen LogP contribution in [0.15, 0.2) is 16.7 Å². The first-order valence-electron chi connectivity index (χ1n) is 6.08. The first kappa shape index (κ1) is 11.7. The number of hydrogen-bond acceptors (Lipinski definition) is 3. The summed E-state index contributed by atoms with van der Waals surface area (Å²) >= 11 is 0. The second-order valence-corrected chi connectivity index (χ2v) is 5.51. The van der Waals surface area contributed by atoms with Crippen molar-refractivity contribution in [1.29, 1.82) is 0 Å². The molecule has 2 rings (SSSR count). The third kappa shape index (κ3) is 2.66. The molecule has 1 aromatic rings. The molecule has 1 aromatic heterocycles. The molecule has 2 heterocycles. The molecule has 2 N–H and O–H groups in total. The zero-order valence-corrected chi connectivity index (χ0v) is 10.3. The minimum absolute atomic E-state index is 0.510. The van der Waals surface area contributed by atoms with Crippen molar-refractivity contribution < 1.29 is 4.42 Å². The molecule has 0 radical (unpaired) electrons. The van der Waals surface area contributed by atoms with E-state index in [1.807, 2.05) is 6.07 Å². The monoisotopic (exact) mass is 222 g/mol. The smallest absolute Gasteiger partial charge is 0.122 e. The van der Waals surface area contributed by atoms with Crippen molar-refractivity contribution in [2.24, 2.45) is 11.1 Å². The van der Waals surface area contributed by atoms with Crippen molar-refractivity contribution in [1.82, 2.24) is 4.90 Å².